The molecule has 0 N–H and O–H groups in total. The van der Waals surface area contributed by atoms with Crippen LogP contribution in [0.15, 0.2) is 138 Å². The van der Waals surface area contributed by atoms with Crippen molar-refractivity contribution >= 4 is 97.1 Å². The maximum Gasteiger partial charge on any atom is 0.137 e. The molecule has 390 valence electrons. The zero-order valence-corrected chi connectivity index (χ0v) is 48.6. The fourth-order valence-corrected chi connectivity index (χ4v) is 17.6. The molecule has 4 heteroatoms. The number of benzene rings is 8. The number of fused-ring (bicyclic) bond motifs is 15. The highest BCUT2D eigenvalue weighted by atomic mass is 32.1. The summed E-state index contributed by atoms with van der Waals surface area (Å²) in [5, 5.41) is 10.5. The lowest BCUT2D eigenvalue weighted by atomic mass is 9.43. The monoisotopic (exact) mass is 1040 g/mol. The average molecular weight is 1040 g/mol. The van der Waals surface area contributed by atoms with Crippen LogP contribution < -0.4 is 0 Å². The first-order chi connectivity index (χ1) is 37.1. The SMILES string of the molecule is CC(C)(C)c1ccc2c(c1)c1cc(C(C)(C)C)ccc1n2-c1ccc2c(c1)oc1cc3c(cc12)-c1cc2sc4cc(-n5c6ccc(C(C)(C)C)cc6c6cc(C(C)(C)C)ccc65)ccc4c2cc1C31C2CC3CC(C2)CC1C3. The smallest absolute Gasteiger partial charge is 0.137 e. The summed E-state index contributed by atoms with van der Waals surface area (Å²) in [4.78, 5) is 0. The van der Waals surface area contributed by atoms with Gasteiger partial charge in [-0.25, -0.2) is 0 Å². The van der Waals surface area contributed by atoms with E-state index >= 15 is 0 Å². The molecular formula is C74H72N2OS. The van der Waals surface area contributed by atoms with E-state index in [-0.39, 0.29) is 27.1 Å². The van der Waals surface area contributed by atoms with Crippen LogP contribution in [0.25, 0.3) is 108 Å². The molecule has 17 rings (SSSR count). The molecule has 8 aromatic carbocycles. The van der Waals surface area contributed by atoms with E-state index in [1.54, 1.807) is 11.1 Å². The largest absolute Gasteiger partial charge is 0.456 e. The lowest BCUT2D eigenvalue weighted by molar-refractivity contribution is -0.0398. The maximum absolute atomic E-state index is 7.20. The van der Waals surface area contributed by atoms with E-state index in [1.165, 1.54) is 146 Å². The van der Waals surface area contributed by atoms with Crippen molar-refractivity contribution in [3.05, 3.63) is 167 Å². The van der Waals surface area contributed by atoms with Gasteiger partial charge >= 0.3 is 0 Å². The van der Waals surface area contributed by atoms with Gasteiger partial charge in [-0.05, 0) is 219 Å². The molecule has 0 saturated heterocycles. The molecule has 4 heterocycles. The van der Waals surface area contributed by atoms with Crippen LogP contribution in [-0.4, -0.2) is 9.13 Å². The van der Waals surface area contributed by atoms with Crippen LogP contribution in [0, 0.1) is 23.7 Å². The van der Waals surface area contributed by atoms with Crippen LogP contribution >= 0.6 is 11.3 Å². The molecule has 0 radical (unpaired) electrons. The maximum atomic E-state index is 7.20. The summed E-state index contributed by atoms with van der Waals surface area (Å²) in [6, 6.07) is 53.5. The Hall–Kier alpha value is -6.62. The Kier molecular flexibility index (Phi) is 9.35. The fraction of sp³-hybridized carbons (Fsp3) is 0.351. The standard InChI is InChI=1S/C74H72N2OS/c1-70(2,3)42-13-21-62-54(30-42)55-31-43(71(4,5)6)14-22-63(55)75(62)48-17-19-50-58-36-52-53-38-69-59(37-60(53)74(61(52)39-67(58)77-66(50)34-48)46-26-40-25-41(28-46)29-47(74)27-40)51-20-18-49(35-68(51)78-69)76-64-23-15-44(72(7,8)9)32-56(64)57-33-45(73(10,11)12)16-24-65(57)76/h13-24,30-41,46-47H,25-29H2,1-12H3. The Morgan fingerprint density at radius 2 is 0.782 bits per heavy atom. The topological polar surface area (TPSA) is 23.0 Å². The van der Waals surface area contributed by atoms with Crippen molar-refractivity contribution < 1.29 is 4.42 Å². The van der Waals surface area contributed by atoms with Crippen molar-refractivity contribution in [2.75, 3.05) is 0 Å². The molecule has 78 heavy (non-hydrogen) atoms. The summed E-state index contributed by atoms with van der Waals surface area (Å²) in [7, 11) is 0. The lowest BCUT2D eigenvalue weighted by Crippen LogP contribution is -2.55. The minimum absolute atomic E-state index is 0.000375. The molecule has 3 nitrogen and oxygen atoms in total. The van der Waals surface area contributed by atoms with E-state index in [9.17, 15) is 0 Å². The van der Waals surface area contributed by atoms with Crippen LogP contribution in [-0.2, 0) is 27.1 Å². The molecule has 1 spiro atoms. The molecule has 4 bridgehead atoms. The third-order valence-electron chi connectivity index (χ3n) is 20.3. The van der Waals surface area contributed by atoms with Crippen molar-refractivity contribution in [1.29, 1.82) is 0 Å². The molecule has 12 aromatic rings. The van der Waals surface area contributed by atoms with Gasteiger partial charge in [0, 0.05) is 75.3 Å². The van der Waals surface area contributed by atoms with Gasteiger partial charge in [0.2, 0.25) is 0 Å². The van der Waals surface area contributed by atoms with Crippen molar-refractivity contribution in [2.24, 2.45) is 23.7 Å². The van der Waals surface area contributed by atoms with Gasteiger partial charge in [-0.2, -0.15) is 0 Å². The summed E-state index contributed by atoms with van der Waals surface area (Å²) in [6.45, 7) is 27.9. The number of hydrogen-bond acceptors (Lipinski definition) is 2. The van der Waals surface area contributed by atoms with E-state index < -0.39 is 0 Å². The third kappa shape index (κ3) is 6.50. The van der Waals surface area contributed by atoms with Gasteiger partial charge in [0.25, 0.3) is 0 Å². The summed E-state index contributed by atoms with van der Waals surface area (Å²) in [5.74, 6) is 3.03. The molecule has 4 fully saturated rings. The zero-order valence-electron chi connectivity index (χ0n) is 47.8. The minimum Gasteiger partial charge on any atom is -0.456 e. The van der Waals surface area contributed by atoms with Crippen LogP contribution in [0.5, 0.6) is 0 Å². The highest BCUT2D eigenvalue weighted by Gasteiger charge is 2.62. The van der Waals surface area contributed by atoms with E-state index in [0.717, 1.165) is 28.7 Å². The number of aromatic nitrogens is 2. The quantitative estimate of drug-likeness (QED) is 0.169. The Labute approximate surface area is 463 Å². The molecule has 0 amide bonds. The van der Waals surface area contributed by atoms with Gasteiger partial charge in [-0.15, -0.1) is 11.3 Å². The van der Waals surface area contributed by atoms with E-state index in [4.69, 9.17) is 4.42 Å². The van der Waals surface area contributed by atoms with Crippen molar-refractivity contribution in [2.45, 2.75) is 142 Å². The first-order valence-corrected chi connectivity index (χ1v) is 30.1. The van der Waals surface area contributed by atoms with Crippen LogP contribution in [0.4, 0.5) is 0 Å². The van der Waals surface area contributed by atoms with E-state index in [2.05, 4.69) is 226 Å². The number of furan rings is 1. The second kappa shape index (κ2) is 15.4. The summed E-state index contributed by atoms with van der Waals surface area (Å²) < 4.78 is 14.9. The van der Waals surface area contributed by atoms with Crippen molar-refractivity contribution in [1.82, 2.24) is 9.13 Å². The molecular weight excluding hydrogens is 965 g/mol. The van der Waals surface area contributed by atoms with Gasteiger partial charge in [0.05, 0.1) is 22.1 Å². The van der Waals surface area contributed by atoms with Gasteiger partial charge in [0.1, 0.15) is 11.2 Å². The first kappa shape index (κ1) is 47.4. The second-order valence-corrected chi connectivity index (χ2v) is 30.2. The van der Waals surface area contributed by atoms with Crippen LogP contribution in [0.3, 0.4) is 0 Å². The zero-order chi connectivity index (χ0) is 53.5. The van der Waals surface area contributed by atoms with E-state index in [1.807, 2.05) is 11.3 Å². The third-order valence-corrected chi connectivity index (χ3v) is 21.4. The van der Waals surface area contributed by atoms with Crippen LogP contribution in [0.1, 0.15) is 149 Å². The number of hydrogen-bond donors (Lipinski definition) is 0. The number of rotatable bonds is 2. The van der Waals surface area contributed by atoms with Gasteiger partial charge in [-0.3, -0.25) is 0 Å². The lowest BCUT2D eigenvalue weighted by Gasteiger charge is -2.61. The number of thiophene rings is 1. The molecule has 4 aromatic heterocycles. The highest BCUT2D eigenvalue weighted by molar-refractivity contribution is 7.25. The Bertz CT molecular complexity index is 4440. The Balaban J connectivity index is 0.868. The highest BCUT2D eigenvalue weighted by Crippen LogP contribution is 2.70. The van der Waals surface area contributed by atoms with Crippen LogP contribution in [0.2, 0.25) is 0 Å². The Morgan fingerprint density at radius 3 is 1.26 bits per heavy atom. The van der Waals surface area contributed by atoms with Crippen molar-refractivity contribution in [3.63, 3.8) is 0 Å². The predicted octanol–water partition coefficient (Wildman–Crippen LogP) is 21.1. The molecule has 5 aliphatic carbocycles. The molecule has 0 atom stereocenters. The minimum atomic E-state index is 0.000375. The van der Waals surface area contributed by atoms with Gasteiger partial charge in [-0.1, -0.05) is 113 Å². The fourth-order valence-electron chi connectivity index (χ4n) is 16.5. The predicted molar refractivity (Wildman–Crippen MR) is 333 cm³/mol. The second-order valence-electron chi connectivity index (χ2n) is 29.1. The molecule has 5 aliphatic rings. The normalized spacial score (nSPS) is 21.4. The van der Waals surface area contributed by atoms with Crippen molar-refractivity contribution in [3.8, 4) is 22.5 Å². The summed E-state index contributed by atoms with van der Waals surface area (Å²) in [6.07, 6.45) is 6.83. The molecule has 4 saturated carbocycles. The summed E-state index contributed by atoms with van der Waals surface area (Å²) in [5.41, 5.74) is 21.1. The first-order valence-electron chi connectivity index (χ1n) is 29.3. The van der Waals surface area contributed by atoms with Gasteiger partial charge in [0.15, 0.2) is 0 Å². The molecule has 0 aliphatic heterocycles. The van der Waals surface area contributed by atoms with Gasteiger partial charge < -0.3 is 13.6 Å². The summed E-state index contributed by atoms with van der Waals surface area (Å²) >= 11 is 1.98. The molecule has 0 unspecified atom stereocenters. The number of nitrogens with zero attached hydrogens (tertiary/aromatic N) is 2. The Morgan fingerprint density at radius 1 is 0.372 bits per heavy atom. The average Bonchev–Trinajstić information content (AvgIpc) is 4.37. The van der Waals surface area contributed by atoms with E-state index in [0.29, 0.717) is 11.8 Å².